The second-order valence-electron chi connectivity index (χ2n) is 3.65. The van der Waals surface area contributed by atoms with Gasteiger partial charge in [-0.15, -0.1) is 0 Å². The molecule has 0 atom stereocenters. The Kier molecular flexibility index (Phi) is 3.50. The highest BCUT2D eigenvalue weighted by atomic mass is 16.3. The van der Waals surface area contributed by atoms with E-state index < -0.39 is 0 Å². The number of rotatable bonds is 5. The van der Waals surface area contributed by atoms with Gasteiger partial charge in [0.15, 0.2) is 0 Å². The van der Waals surface area contributed by atoms with Gasteiger partial charge in [-0.3, -0.25) is 0 Å². The lowest BCUT2D eigenvalue weighted by Crippen LogP contribution is -2.63. The van der Waals surface area contributed by atoms with Gasteiger partial charge in [0.1, 0.15) is 0 Å². The third-order valence-corrected chi connectivity index (χ3v) is 2.95. The van der Waals surface area contributed by atoms with Gasteiger partial charge in [-0.1, -0.05) is 13.8 Å². The van der Waals surface area contributed by atoms with Crippen molar-refractivity contribution in [1.82, 2.24) is 10.6 Å². The van der Waals surface area contributed by atoms with Crippen LogP contribution in [0.2, 0.25) is 0 Å². The molecule has 1 rings (SSSR count). The van der Waals surface area contributed by atoms with Crippen LogP contribution in [0, 0.1) is 0 Å². The van der Waals surface area contributed by atoms with Crippen molar-refractivity contribution >= 4 is 0 Å². The Balaban J connectivity index is 2.39. The topological polar surface area (TPSA) is 44.3 Å². The standard InChI is InChI=1S/C9H20N2O/c1-3-9(4-2,7-12)11-8-5-10-6-8/h8,10-12H,3-7H2,1-2H3. The van der Waals surface area contributed by atoms with E-state index in [2.05, 4.69) is 24.5 Å². The maximum Gasteiger partial charge on any atom is 0.0613 e. The molecule has 12 heavy (non-hydrogen) atoms. The first-order valence-corrected chi connectivity index (χ1v) is 4.85. The molecule has 0 aromatic carbocycles. The minimum absolute atomic E-state index is 0.0350. The summed E-state index contributed by atoms with van der Waals surface area (Å²) in [6, 6.07) is 0.567. The normalized spacial score (nSPS) is 19.2. The molecule has 72 valence electrons. The van der Waals surface area contributed by atoms with Crippen LogP contribution in [0.25, 0.3) is 0 Å². The highest BCUT2D eigenvalue weighted by molar-refractivity contribution is 4.93. The van der Waals surface area contributed by atoms with E-state index >= 15 is 0 Å². The van der Waals surface area contributed by atoms with E-state index in [0.717, 1.165) is 25.9 Å². The fraction of sp³-hybridized carbons (Fsp3) is 1.00. The van der Waals surface area contributed by atoms with Crippen molar-refractivity contribution in [1.29, 1.82) is 0 Å². The van der Waals surface area contributed by atoms with Gasteiger partial charge in [-0.2, -0.15) is 0 Å². The molecule has 0 aromatic rings. The average Bonchev–Trinajstić information content (AvgIpc) is 2.05. The molecule has 1 heterocycles. The van der Waals surface area contributed by atoms with Crippen LogP contribution in [-0.2, 0) is 0 Å². The van der Waals surface area contributed by atoms with E-state index in [1.54, 1.807) is 0 Å². The zero-order chi connectivity index (χ0) is 9.03. The monoisotopic (exact) mass is 172 g/mol. The van der Waals surface area contributed by atoms with Crippen molar-refractivity contribution < 1.29 is 5.11 Å². The predicted octanol–water partition coefficient (Wildman–Crippen LogP) is 0.0989. The quantitative estimate of drug-likeness (QED) is 0.551. The van der Waals surface area contributed by atoms with E-state index in [0.29, 0.717) is 6.04 Å². The molecule has 3 N–H and O–H groups in total. The van der Waals surface area contributed by atoms with Crippen molar-refractivity contribution in [3.05, 3.63) is 0 Å². The zero-order valence-electron chi connectivity index (χ0n) is 8.06. The zero-order valence-corrected chi connectivity index (χ0v) is 8.06. The summed E-state index contributed by atoms with van der Waals surface area (Å²) in [5.74, 6) is 0. The van der Waals surface area contributed by atoms with Gasteiger partial charge in [0.25, 0.3) is 0 Å². The fourth-order valence-electron chi connectivity index (χ4n) is 1.55. The molecule has 3 heteroatoms. The molecule has 3 nitrogen and oxygen atoms in total. The molecular formula is C9H20N2O. The summed E-state index contributed by atoms with van der Waals surface area (Å²) in [4.78, 5) is 0. The van der Waals surface area contributed by atoms with Gasteiger partial charge in [0.05, 0.1) is 6.61 Å². The summed E-state index contributed by atoms with van der Waals surface area (Å²) >= 11 is 0. The van der Waals surface area contributed by atoms with E-state index in [4.69, 9.17) is 0 Å². The third-order valence-electron chi connectivity index (χ3n) is 2.95. The maximum absolute atomic E-state index is 9.26. The second kappa shape index (κ2) is 4.21. The second-order valence-corrected chi connectivity index (χ2v) is 3.65. The van der Waals surface area contributed by atoms with Crippen LogP contribution in [-0.4, -0.2) is 36.4 Å². The van der Waals surface area contributed by atoms with Crippen molar-refractivity contribution in [2.24, 2.45) is 0 Å². The summed E-state index contributed by atoms with van der Waals surface area (Å²) in [7, 11) is 0. The van der Waals surface area contributed by atoms with Crippen LogP contribution in [0.3, 0.4) is 0 Å². The van der Waals surface area contributed by atoms with Crippen LogP contribution in [0.5, 0.6) is 0 Å². The van der Waals surface area contributed by atoms with Crippen molar-refractivity contribution in [3.8, 4) is 0 Å². The van der Waals surface area contributed by atoms with Gasteiger partial charge in [0, 0.05) is 24.7 Å². The van der Waals surface area contributed by atoms with Crippen LogP contribution in [0.15, 0.2) is 0 Å². The lowest BCUT2D eigenvalue weighted by Gasteiger charge is -2.39. The summed E-state index contributed by atoms with van der Waals surface area (Å²) in [5, 5.41) is 16.0. The van der Waals surface area contributed by atoms with E-state index in [1.165, 1.54) is 0 Å². The molecule has 0 radical (unpaired) electrons. The number of nitrogens with one attached hydrogen (secondary N) is 2. The number of hydrogen-bond donors (Lipinski definition) is 3. The van der Waals surface area contributed by atoms with Crippen LogP contribution < -0.4 is 10.6 Å². The largest absolute Gasteiger partial charge is 0.394 e. The van der Waals surface area contributed by atoms with Crippen molar-refractivity contribution in [2.45, 2.75) is 38.3 Å². The number of hydrogen-bond acceptors (Lipinski definition) is 3. The molecule has 1 aliphatic heterocycles. The predicted molar refractivity (Wildman–Crippen MR) is 50.2 cm³/mol. The highest BCUT2D eigenvalue weighted by Gasteiger charge is 2.30. The molecule has 0 saturated carbocycles. The van der Waals surface area contributed by atoms with Crippen LogP contribution >= 0.6 is 0 Å². The minimum atomic E-state index is -0.0350. The summed E-state index contributed by atoms with van der Waals surface area (Å²) < 4.78 is 0. The van der Waals surface area contributed by atoms with Gasteiger partial charge in [-0.25, -0.2) is 0 Å². The molecule has 1 aliphatic rings. The molecule has 0 bridgehead atoms. The Bertz CT molecular complexity index is 122. The van der Waals surface area contributed by atoms with Crippen molar-refractivity contribution in [2.75, 3.05) is 19.7 Å². The van der Waals surface area contributed by atoms with E-state index in [1.807, 2.05) is 0 Å². The summed E-state index contributed by atoms with van der Waals surface area (Å²) in [6.07, 6.45) is 1.99. The van der Waals surface area contributed by atoms with Gasteiger partial charge in [-0.05, 0) is 12.8 Å². The molecular weight excluding hydrogens is 152 g/mol. The van der Waals surface area contributed by atoms with E-state index in [9.17, 15) is 5.11 Å². The van der Waals surface area contributed by atoms with E-state index in [-0.39, 0.29) is 12.1 Å². The Morgan fingerprint density at radius 1 is 1.42 bits per heavy atom. The molecule has 0 unspecified atom stereocenters. The lowest BCUT2D eigenvalue weighted by molar-refractivity contribution is 0.125. The first-order valence-electron chi connectivity index (χ1n) is 4.85. The SMILES string of the molecule is CCC(CC)(CO)NC1CNC1. The molecule has 0 aliphatic carbocycles. The fourth-order valence-corrected chi connectivity index (χ4v) is 1.55. The molecule has 1 fully saturated rings. The first-order chi connectivity index (χ1) is 5.76. The molecule has 0 spiro atoms. The summed E-state index contributed by atoms with van der Waals surface area (Å²) in [6.45, 7) is 6.58. The maximum atomic E-state index is 9.26. The lowest BCUT2D eigenvalue weighted by atomic mass is 9.92. The Hall–Kier alpha value is -0.120. The Morgan fingerprint density at radius 2 is 2.00 bits per heavy atom. The van der Waals surface area contributed by atoms with Crippen molar-refractivity contribution in [3.63, 3.8) is 0 Å². The van der Waals surface area contributed by atoms with Gasteiger partial charge >= 0.3 is 0 Å². The third kappa shape index (κ3) is 1.97. The molecule has 1 saturated heterocycles. The van der Waals surface area contributed by atoms with Gasteiger partial charge in [0.2, 0.25) is 0 Å². The highest BCUT2D eigenvalue weighted by Crippen LogP contribution is 2.15. The van der Waals surface area contributed by atoms with Gasteiger partial charge < -0.3 is 15.7 Å². The van der Waals surface area contributed by atoms with Crippen LogP contribution in [0.4, 0.5) is 0 Å². The number of aliphatic hydroxyl groups is 1. The van der Waals surface area contributed by atoms with Crippen LogP contribution in [0.1, 0.15) is 26.7 Å². The average molecular weight is 172 g/mol. The first kappa shape index (κ1) is 9.96. The minimum Gasteiger partial charge on any atom is -0.394 e. The summed E-state index contributed by atoms with van der Waals surface area (Å²) in [5.41, 5.74) is -0.0350. The Morgan fingerprint density at radius 3 is 2.25 bits per heavy atom. The molecule has 0 aromatic heterocycles. The Labute approximate surface area is 74.5 Å². The smallest absolute Gasteiger partial charge is 0.0613 e. The molecule has 0 amide bonds. The number of aliphatic hydroxyl groups excluding tert-OH is 1.